The van der Waals surface area contributed by atoms with Crippen molar-refractivity contribution in [3.05, 3.63) is 24.0 Å². The normalized spacial score (nSPS) is 17.5. The van der Waals surface area contributed by atoms with Gasteiger partial charge in [0, 0.05) is 12.2 Å². The molecule has 106 valence electrons. The van der Waals surface area contributed by atoms with Crippen molar-refractivity contribution >= 4 is 22.6 Å². The van der Waals surface area contributed by atoms with Crippen LogP contribution in [0.25, 0.3) is 11.0 Å². The van der Waals surface area contributed by atoms with Gasteiger partial charge in [-0.1, -0.05) is 12.8 Å². The summed E-state index contributed by atoms with van der Waals surface area (Å²) in [6.45, 7) is 2.34. The molecule has 1 aromatic heterocycles. The highest BCUT2D eigenvalue weighted by Crippen LogP contribution is 2.38. The van der Waals surface area contributed by atoms with E-state index < -0.39 is 0 Å². The topological polar surface area (TPSA) is 83.8 Å². The number of rotatable bonds is 3. The fraction of sp³-hybridized carbons (Fsp3) is 0.467. The van der Waals surface area contributed by atoms with E-state index in [0.717, 1.165) is 48.2 Å². The number of hydrogen-bond donors (Lipinski definition) is 3. The lowest BCUT2D eigenvalue weighted by atomic mass is 9.85. The van der Waals surface area contributed by atoms with Gasteiger partial charge in [-0.05, 0) is 38.0 Å². The van der Waals surface area contributed by atoms with Gasteiger partial charge in [0.1, 0.15) is 5.82 Å². The van der Waals surface area contributed by atoms with E-state index in [2.05, 4.69) is 15.3 Å². The number of H-pyrrole nitrogens is 1. The minimum atomic E-state index is -0.376. The monoisotopic (exact) mass is 272 g/mol. The van der Waals surface area contributed by atoms with Crippen LogP contribution in [0.1, 0.15) is 31.5 Å². The molecule has 5 nitrogen and oxygen atoms in total. The van der Waals surface area contributed by atoms with Gasteiger partial charge < -0.3 is 16.0 Å². The summed E-state index contributed by atoms with van der Waals surface area (Å²) >= 11 is 0. The molecule has 1 heterocycles. The number of anilines is 1. The Labute approximate surface area is 118 Å². The Kier molecular flexibility index (Phi) is 3.22. The van der Waals surface area contributed by atoms with Crippen LogP contribution in [0.4, 0.5) is 5.69 Å². The van der Waals surface area contributed by atoms with E-state index in [4.69, 9.17) is 5.73 Å². The second-order valence-corrected chi connectivity index (χ2v) is 5.70. The summed E-state index contributed by atoms with van der Waals surface area (Å²) in [5.41, 5.74) is 8.11. The third kappa shape index (κ3) is 2.18. The number of carbonyl (C=O) groups is 1. The van der Waals surface area contributed by atoms with Gasteiger partial charge in [0.2, 0.25) is 5.91 Å². The molecule has 0 atom stereocenters. The average molecular weight is 272 g/mol. The number of amides is 1. The third-order valence-corrected chi connectivity index (χ3v) is 4.29. The maximum absolute atomic E-state index is 12.5. The first-order valence-electron chi connectivity index (χ1n) is 7.11. The Balaban J connectivity index is 1.83. The summed E-state index contributed by atoms with van der Waals surface area (Å²) in [7, 11) is 0. The van der Waals surface area contributed by atoms with Crippen molar-refractivity contribution in [1.82, 2.24) is 9.97 Å². The largest absolute Gasteiger partial charge is 0.342 e. The lowest BCUT2D eigenvalue weighted by Gasteiger charge is -2.25. The number of nitrogens with two attached hydrogens (primary N) is 1. The van der Waals surface area contributed by atoms with Crippen LogP contribution in [0.5, 0.6) is 0 Å². The molecule has 0 aliphatic heterocycles. The van der Waals surface area contributed by atoms with E-state index in [1.54, 1.807) is 0 Å². The van der Waals surface area contributed by atoms with Crippen LogP contribution in [0.2, 0.25) is 0 Å². The maximum Gasteiger partial charge on any atom is 0.231 e. The zero-order chi connectivity index (χ0) is 14.2. The van der Waals surface area contributed by atoms with Crippen LogP contribution in [0.3, 0.4) is 0 Å². The number of aromatic nitrogens is 2. The number of aromatic amines is 1. The lowest BCUT2D eigenvalue weighted by molar-refractivity contribution is -0.124. The molecule has 0 bridgehead atoms. The quantitative estimate of drug-likeness (QED) is 0.801. The molecule has 20 heavy (non-hydrogen) atoms. The van der Waals surface area contributed by atoms with Crippen LogP contribution in [-0.4, -0.2) is 22.4 Å². The summed E-state index contributed by atoms with van der Waals surface area (Å²) in [5, 5.41) is 3.01. The number of aryl methyl sites for hydroxylation is 1. The predicted octanol–water partition coefficient (Wildman–Crippen LogP) is 2.33. The Morgan fingerprint density at radius 1 is 1.45 bits per heavy atom. The Hall–Kier alpha value is -1.88. The molecule has 0 radical (unpaired) electrons. The molecule has 0 saturated heterocycles. The number of hydrogen-bond acceptors (Lipinski definition) is 3. The molecule has 2 aromatic rings. The van der Waals surface area contributed by atoms with E-state index >= 15 is 0 Å². The van der Waals surface area contributed by atoms with Crippen LogP contribution in [0, 0.1) is 12.3 Å². The van der Waals surface area contributed by atoms with E-state index in [0.29, 0.717) is 6.54 Å². The number of fused-ring (bicyclic) bond motifs is 1. The van der Waals surface area contributed by atoms with Crippen LogP contribution >= 0.6 is 0 Å². The molecule has 0 spiro atoms. The zero-order valence-electron chi connectivity index (χ0n) is 11.7. The van der Waals surface area contributed by atoms with E-state index in [1.807, 2.05) is 25.1 Å². The summed E-state index contributed by atoms with van der Waals surface area (Å²) in [4.78, 5) is 20.0. The van der Waals surface area contributed by atoms with Crippen molar-refractivity contribution in [1.29, 1.82) is 0 Å². The molecular weight excluding hydrogens is 252 g/mol. The van der Waals surface area contributed by atoms with Gasteiger partial charge in [-0.15, -0.1) is 0 Å². The van der Waals surface area contributed by atoms with Crippen molar-refractivity contribution in [3.63, 3.8) is 0 Å². The van der Waals surface area contributed by atoms with E-state index in [1.165, 1.54) is 0 Å². The van der Waals surface area contributed by atoms with Crippen LogP contribution in [-0.2, 0) is 4.79 Å². The van der Waals surface area contributed by atoms with Gasteiger partial charge in [0.25, 0.3) is 0 Å². The van der Waals surface area contributed by atoms with Crippen molar-refractivity contribution in [3.8, 4) is 0 Å². The fourth-order valence-electron chi connectivity index (χ4n) is 3.05. The third-order valence-electron chi connectivity index (χ3n) is 4.29. The van der Waals surface area contributed by atoms with Gasteiger partial charge in [-0.3, -0.25) is 4.79 Å². The summed E-state index contributed by atoms with van der Waals surface area (Å²) in [6.07, 6.45) is 3.95. The van der Waals surface area contributed by atoms with Gasteiger partial charge in [-0.2, -0.15) is 0 Å². The first-order valence-corrected chi connectivity index (χ1v) is 7.11. The van der Waals surface area contributed by atoms with Crippen molar-refractivity contribution < 1.29 is 4.79 Å². The highest BCUT2D eigenvalue weighted by molar-refractivity contribution is 5.97. The minimum absolute atomic E-state index is 0.0492. The predicted molar refractivity (Wildman–Crippen MR) is 79.4 cm³/mol. The van der Waals surface area contributed by atoms with Gasteiger partial charge in [0.05, 0.1) is 16.4 Å². The van der Waals surface area contributed by atoms with Crippen LogP contribution < -0.4 is 11.1 Å². The molecule has 1 aliphatic rings. The molecular formula is C15H20N4O. The minimum Gasteiger partial charge on any atom is -0.342 e. The molecule has 5 heteroatoms. The Morgan fingerprint density at radius 2 is 2.20 bits per heavy atom. The smallest absolute Gasteiger partial charge is 0.231 e. The average Bonchev–Trinajstić information content (AvgIpc) is 3.04. The Bertz CT molecular complexity index is 640. The van der Waals surface area contributed by atoms with E-state index in [9.17, 15) is 4.79 Å². The van der Waals surface area contributed by atoms with Crippen molar-refractivity contribution in [2.75, 3.05) is 11.9 Å². The highest BCUT2D eigenvalue weighted by atomic mass is 16.2. The van der Waals surface area contributed by atoms with Crippen LogP contribution in [0.15, 0.2) is 18.2 Å². The van der Waals surface area contributed by atoms with E-state index in [-0.39, 0.29) is 11.3 Å². The highest BCUT2D eigenvalue weighted by Gasteiger charge is 2.39. The number of nitrogens with one attached hydrogen (secondary N) is 2. The lowest BCUT2D eigenvalue weighted by Crippen LogP contribution is -2.40. The second-order valence-electron chi connectivity index (χ2n) is 5.70. The SMILES string of the molecule is Cc1nc2ccc(NC(=O)C3(CN)CCCC3)cc2[nH]1. The maximum atomic E-state index is 12.5. The molecule has 4 N–H and O–H groups in total. The molecule has 1 amide bonds. The number of carbonyl (C=O) groups excluding carboxylic acids is 1. The Morgan fingerprint density at radius 3 is 2.90 bits per heavy atom. The van der Waals surface area contributed by atoms with Gasteiger partial charge in [-0.25, -0.2) is 4.98 Å². The molecule has 0 unspecified atom stereocenters. The standard InChI is InChI=1S/C15H20N4O/c1-10-17-12-5-4-11(8-13(12)18-10)19-14(20)15(9-16)6-2-3-7-15/h4-5,8H,2-3,6-7,9,16H2,1H3,(H,17,18)(H,19,20). The number of imidazole rings is 1. The molecule has 1 aromatic carbocycles. The van der Waals surface area contributed by atoms with Gasteiger partial charge >= 0.3 is 0 Å². The van der Waals surface area contributed by atoms with Gasteiger partial charge in [0.15, 0.2) is 0 Å². The molecule has 1 saturated carbocycles. The summed E-state index contributed by atoms with van der Waals surface area (Å²) in [5.74, 6) is 0.922. The first-order chi connectivity index (χ1) is 9.63. The second kappa shape index (κ2) is 4.90. The fourth-order valence-corrected chi connectivity index (χ4v) is 3.05. The molecule has 1 fully saturated rings. The number of nitrogens with zero attached hydrogens (tertiary/aromatic N) is 1. The molecule has 1 aliphatic carbocycles. The van der Waals surface area contributed by atoms with Crippen molar-refractivity contribution in [2.45, 2.75) is 32.6 Å². The summed E-state index contributed by atoms with van der Waals surface area (Å²) < 4.78 is 0. The zero-order valence-corrected chi connectivity index (χ0v) is 11.7. The first kappa shape index (κ1) is 13.1. The molecule has 3 rings (SSSR count). The number of benzene rings is 1. The summed E-state index contributed by atoms with van der Waals surface area (Å²) in [6, 6.07) is 5.73. The van der Waals surface area contributed by atoms with Crippen molar-refractivity contribution in [2.24, 2.45) is 11.1 Å².